The van der Waals surface area contributed by atoms with Crippen LogP contribution in [0.2, 0.25) is 0 Å². The van der Waals surface area contributed by atoms with Gasteiger partial charge in [0.25, 0.3) is 5.56 Å². The highest BCUT2D eigenvalue weighted by Gasteiger charge is 2.37. The largest absolute Gasteiger partial charge is 0.390 e. The van der Waals surface area contributed by atoms with Gasteiger partial charge < -0.3 is 15.2 Å². The first kappa shape index (κ1) is 19.1. The predicted octanol–water partition coefficient (Wildman–Crippen LogP) is -0.575. The quantitative estimate of drug-likeness (QED) is 0.344. The van der Waals surface area contributed by atoms with Crippen LogP contribution in [0, 0.1) is 11.8 Å². The maximum Gasteiger partial charge on any atom is 0.340 e. The van der Waals surface area contributed by atoms with E-state index in [0.29, 0.717) is 10.6 Å². The van der Waals surface area contributed by atoms with Crippen LogP contribution in [0.4, 0.5) is 4.79 Å². The molecule has 0 bridgehead atoms. The molecular formula is C13H18ClN5O6. The molecule has 2 heterocycles. The van der Waals surface area contributed by atoms with E-state index in [2.05, 4.69) is 15.6 Å². The number of rotatable bonds is 6. The molecule has 3 atom stereocenters. The third-order valence-corrected chi connectivity index (χ3v) is 3.91. The summed E-state index contributed by atoms with van der Waals surface area (Å²) in [5.41, 5.74) is -0.889. The zero-order valence-electron chi connectivity index (χ0n) is 13.3. The molecule has 0 aliphatic carbocycles. The lowest BCUT2D eigenvalue weighted by Crippen LogP contribution is -2.43. The first-order valence-corrected chi connectivity index (χ1v) is 8.01. The maximum absolute atomic E-state index is 11.9. The summed E-state index contributed by atoms with van der Waals surface area (Å²) in [6, 6.07) is -0.771. The van der Waals surface area contributed by atoms with E-state index in [1.165, 1.54) is 13.1 Å². The Morgan fingerprint density at radius 2 is 2.32 bits per heavy atom. The molecule has 1 saturated heterocycles. The number of halogens is 1. The van der Waals surface area contributed by atoms with Crippen LogP contribution < -0.4 is 16.6 Å². The van der Waals surface area contributed by atoms with E-state index in [1.54, 1.807) is 0 Å². The zero-order chi connectivity index (χ0) is 18.6. The van der Waals surface area contributed by atoms with Crippen LogP contribution in [-0.2, 0) is 4.74 Å². The lowest BCUT2D eigenvalue weighted by Gasteiger charge is -2.20. The molecule has 12 heteroatoms. The molecule has 2 rings (SSSR count). The van der Waals surface area contributed by atoms with Gasteiger partial charge in [0.1, 0.15) is 12.3 Å². The number of alkyl halides is 1. The van der Waals surface area contributed by atoms with Crippen LogP contribution in [0.15, 0.2) is 21.1 Å². The highest BCUT2D eigenvalue weighted by Crippen LogP contribution is 2.28. The third kappa shape index (κ3) is 4.44. The summed E-state index contributed by atoms with van der Waals surface area (Å²) in [6.45, 7) is 1.37. The highest BCUT2D eigenvalue weighted by molar-refractivity contribution is 6.18. The van der Waals surface area contributed by atoms with Gasteiger partial charge in [0.2, 0.25) is 0 Å². The number of aliphatic hydroxyl groups excluding tert-OH is 1. The molecule has 0 saturated carbocycles. The molecule has 25 heavy (non-hydrogen) atoms. The summed E-state index contributed by atoms with van der Waals surface area (Å²) in [6.07, 6.45) is -1.43. The van der Waals surface area contributed by atoms with Gasteiger partial charge in [0.05, 0.1) is 17.9 Å². The number of ether oxygens (including phenoxy) is 1. The van der Waals surface area contributed by atoms with Crippen molar-refractivity contribution in [1.82, 2.24) is 19.9 Å². The highest BCUT2D eigenvalue weighted by atomic mass is 35.5. The molecule has 0 aromatic carbocycles. The standard InChI is InChI=1S/C13H18ClN5O6/c1-7-5-18(13(23)16-11(7)21)10-4-8(20)9(25-10)6-19(17-24)12(22)15-3-2-14/h5,8-10,20H,2-4,6H2,1H3,(H,15,22)(H,16,21,23)/t8?,9-,10-/m1/s1. The fraction of sp³-hybridized carbons (Fsp3) is 0.615. The van der Waals surface area contributed by atoms with Crippen LogP contribution >= 0.6 is 11.6 Å². The SMILES string of the molecule is Cc1cn([C@H]2CC(O)[C@@H](CN(N=O)C(=O)NCCCl)O2)c(=O)[nH]c1=O. The molecule has 1 aromatic heterocycles. The second-order valence-electron chi connectivity index (χ2n) is 5.50. The van der Waals surface area contributed by atoms with Gasteiger partial charge in [0, 0.05) is 30.6 Å². The number of aliphatic hydroxyl groups is 1. The monoisotopic (exact) mass is 375 g/mol. The number of hydrogen-bond donors (Lipinski definition) is 3. The van der Waals surface area contributed by atoms with Gasteiger partial charge in [-0.1, -0.05) is 0 Å². The minimum atomic E-state index is -1.03. The summed E-state index contributed by atoms with van der Waals surface area (Å²) < 4.78 is 6.71. The van der Waals surface area contributed by atoms with Crippen molar-refractivity contribution in [2.75, 3.05) is 19.0 Å². The zero-order valence-corrected chi connectivity index (χ0v) is 14.1. The van der Waals surface area contributed by atoms with E-state index < -0.39 is 35.7 Å². The Labute approximate surface area is 146 Å². The number of H-pyrrole nitrogens is 1. The van der Waals surface area contributed by atoms with Crippen LogP contribution in [-0.4, -0.2) is 56.9 Å². The van der Waals surface area contributed by atoms with Gasteiger partial charge in [-0.25, -0.2) is 9.59 Å². The normalized spacial score (nSPS) is 22.6. The number of nitrogens with one attached hydrogen (secondary N) is 2. The first-order valence-electron chi connectivity index (χ1n) is 7.47. The van der Waals surface area contributed by atoms with Gasteiger partial charge in [-0.05, 0) is 6.92 Å². The van der Waals surface area contributed by atoms with E-state index in [-0.39, 0.29) is 25.4 Å². The van der Waals surface area contributed by atoms with Crippen molar-refractivity contribution >= 4 is 17.6 Å². The number of aromatic nitrogens is 2. The number of aryl methyl sites for hydroxylation is 1. The number of carbonyl (C=O) groups is 1. The Kier molecular flexibility index (Phi) is 6.28. The van der Waals surface area contributed by atoms with Crippen molar-refractivity contribution in [3.05, 3.63) is 37.5 Å². The molecular weight excluding hydrogens is 358 g/mol. The van der Waals surface area contributed by atoms with Gasteiger partial charge in [-0.15, -0.1) is 16.5 Å². The Bertz CT molecular complexity index is 749. The minimum absolute atomic E-state index is 0.0477. The van der Waals surface area contributed by atoms with Crippen LogP contribution in [0.5, 0.6) is 0 Å². The second-order valence-corrected chi connectivity index (χ2v) is 5.87. The molecule has 3 N–H and O–H groups in total. The van der Waals surface area contributed by atoms with E-state index in [4.69, 9.17) is 16.3 Å². The van der Waals surface area contributed by atoms with Crippen LogP contribution in [0.1, 0.15) is 18.2 Å². The average Bonchev–Trinajstić information content (AvgIpc) is 2.94. The van der Waals surface area contributed by atoms with Crippen molar-refractivity contribution < 1.29 is 14.6 Å². The second kappa shape index (κ2) is 8.23. The van der Waals surface area contributed by atoms with Crippen LogP contribution in [0.3, 0.4) is 0 Å². The lowest BCUT2D eigenvalue weighted by atomic mass is 10.2. The number of nitrogens with zero attached hydrogens (tertiary/aromatic N) is 3. The van der Waals surface area contributed by atoms with Gasteiger partial charge >= 0.3 is 11.7 Å². The Balaban J connectivity index is 2.09. The van der Waals surface area contributed by atoms with Crippen molar-refractivity contribution in [2.45, 2.75) is 31.8 Å². The van der Waals surface area contributed by atoms with Crippen molar-refractivity contribution in [3.63, 3.8) is 0 Å². The average molecular weight is 376 g/mol. The topological polar surface area (TPSA) is 146 Å². The fourth-order valence-corrected chi connectivity index (χ4v) is 2.51. The Morgan fingerprint density at radius 1 is 1.60 bits per heavy atom. The van der Waals surface area contributed by atoms with Gasteiger partial charge in [0.15, 0.2) is 0 Å². The van der Waals surface area contributed by atoms with Crippen molar-refractivity contribution in [2.24, 2.45) is 5.29 Å². The molecule has 1 aromatic rings. The summed E-state index contributed by atoms with van der Waals surface area (Å²) in [7, 11) is 0. The molecule has 0 radical (unpaired) electrons. The molecule has 1 unspecified atom stereocenters. The number of amides is 2. The van der Waals surface area contributed by atoms with Crippen LogP contribution in [0.25, 0.3) is 0 Å². The molecule has 11 nitrogen and oxygen atoms in total. The molecule has 0 spiro atoms. The van der Waals surface area contributed by atoms with E-state index in [0.717, 1.165) is 4.57 Å². The third-order valence-electron chi connectivity index (χ3n) is 3.72. The molecule has 1 aliphatic heterocycles. The molecule has 1 fully saturated rings. The molecule has 138 valence electrons. The lowest BCUT2D eigenvalue weighted by molar-refractivity contribution is -0.0313. The Morgan fingerprint density at radius 3 is 2.96 bits per heavy atom. The number of hydrogen-bond acceptors (Lipinski definition) is 7. The summed E-state index contributed by atoms with van der Waals surface area (Å²) >= 11 is 5.45. The number of urea groups is 1. The number of nitroso groups, excluding NO2 is 1. The van der Waals surface area contributed by atoms with Crippen molar-refractivity contribution in [1.29, 1.82) is 0 Å². The molecule has 1 aliphatic rings. The smallest absolute Gasteiger partial charge is 0.340 e. The van der Waals surface area contributed by atoms with Gasteiger partial charge in [-0.3, -0.25) is 14.3 Å². The van der Waals surface area contributed by atoms with E-state index >= 15 is 0 Å². The summed E-state index contributed by atoms with van der Waals surface area (Å²) in [4.78, 5) is 48.0. The summed E-state index contributed by atoms with van der Waals surface area (Å²) in [5, 5.41) is 15.6. The minimum Gasteiger partial charge on any atom is -0.390 e. The van der Waals surface area contributed by atoms with Gasteiger partial charge in [-0.2, -0.15) is 5.01 Å². The Hall–Kier alpha value is -2.24. The van der Waals surface area contributed by atoms with Crippen molar-refractivity contribution in [3.8, 4) is 0 Å². The maximum atomic E-state index is 11.9. The first-order chi connectivity index (χ1) is 11.9. The molecule has 2 amide bonds. The fourth-order valence-electron chi connectivity index (χ4n) is 2.42. The summed E-state index contributed by atoms with van der Waals surface area (Å²) in [5.74, 6) is 0.164. The van der Waals surface area contributed by atoms with E-state index in [1.807, 2.05) is 0 Å². The number of carbonyl (C=O) groups excluding carboxylic acids is 1. The van der Waals surface area contributed by atoms with E-state index in [9.17, 15) is 24.4 Å². The predicted molar refractivity (Wildman–Crippen MR) is 87.2 cm³/mol. The number of aromatic amines is 1.